The van der Waals surface area contributed by atoms with Gasteiger partial charge in [-0.25, -0.2) is 0 Å². The van der Waals surface area contributed by atoms with Crippen LogP contribution in [0.2, 0.25) is 0 Å². The van der Waals surface area contributed by atoms with Gasteiger partial charge in [0.25, 0.3) is 0 Å². The topological polar surface area (TPSA) is 29.3 Å². The normalized spacial score (nSPS) is 28.2. The Hall–Kier alpha value is -0.380. The predicted molar refractivity (Wildman–Crippen MR) is 75.4 cm³/mol. The number of piperidine rings is 1. The molecule has 2 heterocycles. The van der Waals surface area contributed by atoms with Gasteiger partial charge in [0.05, 0.1) is 6.04 Å². The summed E-state index contributed by atoms with van der Waals surface area (Å²) in [5.41, 5.74) is 6.00. The van der Waals surface area contributed by atoms with Gasteiger partial charge in [-0.2, -0.15) is 0 Å². The van der Waals surface area contributed by atoms with Crippen molar-refractivity contribution in [1.82, 2.24) is 4.90 Å². The van der Waals surface area contributed by atoms with Crippen LogP contribution < -0.4 is 5.73 Å². The van der Waals surface area contributed by atoms with E-state index in [0.29, 0.717) is 6.04 Å². The first-order valence-electron chi connectivity index (χ1n) is 6.60. The Bertz CT molecular complexity index is 351. The standard InChI is InChI=1S/C14H24N2S/c1-10-6-11(2)9-16(8-10)13(7-15)14-5-4-12(3)17-14/h4-5,10-11,13H,6-9,15H2,1-3H3. The molecule has 1 aromatic rings. The summed E-state index contributed by atoms with van der Waals surface area (Å²) in [5, 5.41) is 0. The average Bonchev–Trinajstić information content (AvgIpc) is 2.64. The molecule has 0 radical (unpaired) electrons. The van der Waals surface area contributed by atoms with Crippen LogP contribution in [0.4, 0.5) is 0 Å². The van der Waals surface area contributed by atoms with Crippen LogP contribution in [0, 0.1) is 18.8 Å². The molecule has 96 valence electrons. The highest BCUT2D eigenvalue weighted by atomic mass is 32.1. The number of likely N-dealkylation sites (tertiary alicyclic amines) is 1. The van der Waals surface area contributed by atoms with E-state index >= 15 is 0 Å². The predicted octanol–water partition coefficient (Wildman–Crippen LogP) is 3.03. The minimum absolute atomic E-state index is 0.430. The maximum atomic E-state index is 6.00. The molecule has 1 saturated heterocycles. The molecule has 0 aliphatic carbocycles. The molecular formula is C14H24N2S. The zero-order valence-electron chi connectivity index (χ0n) is 11.1. The smallest absolute Gasteiger partial charge is 0.0564 e. The van der Waals surface area contributed by atoms with E-state index in [-0.39, 0.29) is 0 Å². The molecule has 2 N–H and O–H groups in total. The molecule has 0 bridgehead atoms. The first kappa shape index (κ1) is 13.1. The number of rotatable bonds is 3. The number of nitrogens with two attached hydrogens (primary N) is 1. The Balaban J connectivity index is 2.12. The summed E-state index contributed by atoms with van der Waals surface area (Å²) in [6.45, 7) is 10.0. The van der Waals surface area contributed by atoms with Crippen molar-refractivity contribution in [2.75, 3.05) is 19.6 Å². The van der Waals surface area contributed by atoms with E-state index in [1.54, 1.807) is 0 Å². The first-order chi connectivity index (χ1) is 8.10. The van der Waals surface area contributed by atoms with E-state index in [9.17, 15) is 0 Å². The summed E-state index contributed by atoms with van der Waals surface area (Å²) in [6.07, 6.45) is 1.36. The van der Waals surface area contributed by atoms with Crippen molar-refractivity contribution in [3.63, 3.8) is 0 Å². The largest absolute Gasteiger partial charge is 0.329 e. The summed E-state index contributed by atoms with van der Waals surface area (Å²) in [6, 6.07) is 4.89. The molecule has 3 heteroatoms. The zero-order valence-corrected chi connectivity index (χ0v) is 12.0. The van der Waals surface area contributed by atoms with Gasteiger partial charge in [0.1, 0.15) is 0 Å². The number of thiophene rings is 1. The van der Waals surface area contributed by atoms with Crippen LogP contribution in [0.5, 0.6) is 0 Å². The summed E-state index contributed by atoms with van der Waals surface area (Å²) < 4.78 is 0. The third-order valence-electron chi connectivity index (χ3n) is 3.65. The van der Waals surface area contributed by atoms with Crippen LogP contribution in [0.1, 0.15) is 36.1 Å². The molecular weight excluding hydrogens is 228 g/mol. The minimum atomic E-state index is 0.430. The molecule has 2 nitrogen and oxygen atoms in total. The Kier molecular flexibility index (Phi) is 4.23. The van der Waals surface area contributed by atoms with Crippen molar-refractivity contribution in [3.8, 4) is 0 Å². The lowest BCUT2D eigenvalue weighted by Crippen LogP contribution is -2.43. The Labute approximate surface area is 109 Å². The summed E-state index contributed by atoms with van der Waals surface area (Å²) in [5.74, 6) is 1.60. The second-order valence-corrected chi connectivity index (χ2v) is 6.92. The van der Waals surface area contributed by atoms with Gasteiger partial charge in [0, 0.05) is 29.4 Å². The van der Waals surface area contributed by atoms with Crippen LogP contribution >= 0.6 is 11.3 Å². The highest BCUT2D eigenvalue weighted by Crippen LogP contribution is 2.31. The van der Waals surface area contributed by atoms with E-state index in [1.165, 1.54) is 29.3 Å². The van der Waals surface area contributed by atoms with Crippen molar-refractivity contribution in [3.05, 3.63) is 21.9 Å². The van der Waals surface area contributed by atoms with Crippen LogP contribution in [0.15, 0.2) is 12.1 Å². The van der Waals surface area contributed by atoms with E-state index in [4.69, 9.17) is 5.73 Å². The van der Waals surface area contributed by atoms with Crippen LogP contribution in [-0.2, 0) is 0 Å². The lowest BCUT2D eigenvalue weighted by atomic mass is 9.90. The third kappa shape index (κ3) is 3.09. The summed E-state index contributed by atoms with van der Waals surface area (Å²) in [7, 11) is 0. The fourth-order valence-corrected chi connectivity index (χ4v) is 4.07. The van der Waals surface area contributed by atoms with E-state index in [0.717, 1.165) is 18.4 Å². The zero-order chi connectivity index (χ0) is 12.4. The number of nitrogens with zero attached hydrogens (tertiary/aromatic N) is 1. The molecule has 0 amide bonds. The molecule has 0 spiro atoms. The molecule has 0 saturated carbocycles. The fourth-order valence-electron chi connectivity index (χ4n) is 3.04. The van der Waals surface area contributed by atoms with Crippen molar-refractivity contribution in [2.45, 2.75) is 33.2 Å². The van der Waals surface area contributed by atoms with Gasteiger partial charge in [-0.05, 0) is 37.3 Å². The van der Waals surface area contributed by atoms with Crippen LogP contribution in [-0.4, -0.2) is 24.5 Å². The first-order valence-corrected chi connectivity index (χ1v) is 7.42. The maximum absolute atomic E-state index is 6.00. The van der Waals surface area contributed by atoms with Crippen molar-refractivity contribution < 1.29 is 0 Å². The van der Waals surface area contributed by atoms with Crippen molar-refractivity contribution >= 4 is 11.3 Å². The Morgan fingerprint density at radius 3 is 2.47 bits per heavy atom. The second kappa shape index (κ2) is 5.51. The van der Waals surface area contributed by atoms with Gasteiger partial charge in [-0.3, -0.25) is 4.90 Å². The monoisotopic (exact) mass is 252 g/mol. The molecule has 0 aromatic carbocycles. The Morgan fingerprint density at radius 1 is 1.35 bits per heavy atom. The number of hydrogen-bond acceptors (Lipinski definition) is 3. The molecule has 3 atom stereocenters. The van der Waals surface area contributed by atoms with E-state index in [2.05, 4.69) is 37.8 Å². The molecule has 3 unspecified atom stereocenters. The molecule has 17 heavy (non-hydrogen) atoms. The SMILES string of the molecule is Cc1ccc(C(CN)N2CC(C)CC(C)C2)s1. The number of aryl methyl sites for hydroxylation is 1. The second-order valence-electron chi connectivity index (χ2n) is 5.60. The average molecular weight is 252 g/mol. The third-order valence-corrected chi connectivity index (χ3v) is 4.75. The van der Waals surface area contributed by atoms with E-state index in [1.807, 2.05) is 11.3 Å². The van der Waals surface area contributed by atoms with Gasteiger partial charge >= 0.3 is 0 Å². The fraction of sp³-hybridized carbons (Fsp3) is 0.714. The minimum Gasteiger partial charge on any atom is -0.329 e. The molecule has 1 aromatic heterocycles. The van der Waals surface area contributed by atoms with Crippen LogP contribution in [0.3, 0.4) is 0 Å². The van der Waals surface area contributed by atoms with Gasteiger partial charge < -0.3 is 5.73 Å². The van der Waals surface area contributed by atoms with Crippen molar-refractivity contribution in [2.24, 2.45) is 17.6 Å². The lowest BCUT2D eigenvalue weighted by Gasteiger charge is -2.39. The highest BCUT2D eigenvalue weighted by molar-refractivity contribution is 7.12. The Morgan fingerprint density at radius 2 is 2.00 bits per heavy atom. The van der Waals surface area contributed by atoms with Crippen molar-refractivity contribution in [1.29, 1.82) is 0 Å². The van der Waals surface area contributed by atoms with Gasteiger partial charge in [-0.1, -0.05) is 13.8 Å². The lowest BCUT2D eigenvalue weighted by molar-refractivity contribution is 0.0999. The number of hydrogen-bond donors (Lipinski definition) is 1. The quantitative estimate of drug-likeness (QED) is 0.896. The molecule has 1 aliphatic heterocycles. The summed E-state index contributed by atoms with van der Waals surface area (Å²) in [4.78, 5) is 5.41. The molecule has 2 rings (SSSR count). The molecule has 1 fully saturated rings. The summed E-state index contributed by atoms with van der Waals surface area (Å²) >= 11 is 1.89. The highest BCUT2D eigenvalue weighted by Gasteiger charge is 2.28. The van der Waals surface area contributed by atoms with E-state index < -0.39 is 0 Å². The van der Waals surface area contributed by atoms with Gasteiger partial charge in [0.15, 0.2) is 0 Å². The van der Waals surface area contributed by atoms with Crippen LogP contribution in [0.25, 0.3) is 0 Å². The molecule has 1 aliphatic rings. The van der Waals surface area contributed by atoms with Gasteiger partial charge in [0.2, 0.25) is 0 Å². The van der Waals surface area contributed by atoms with Gasteiger partial charge in [-0.15, -0.1) is 11.3 Å². The maximum Gasteiger partial charge on any atom is 0.0564 e.